The molecule has 30 heavy (non-hydrogen) atoms. The van der Waals surface area contributed by atoms with Crippen molar-refractivity contribution in [1.29, 1.82) is 0 Å². The fourth-order valence-corrected chi connectivity index (χ4v) is 3.47. The molecule has 7 heteroatoms. The summed E-state index contributed by atoms with van der Waals surface area (Å²) in [6.45, 7) is 0.218. The van der Waals surface area contributed by atoms with Gasteiger partial charge in [-0.05, 0) is 54.3 Å². The van der Waals surface area contributed by atoms with E-state index in [1.807, 2.05) is 36.4 Å². The number of aryl methyl sites for hydroxylation is 2. The first-order chi connectivity index (χ1) is 14.4. The Morgan fingerprint density at radius 3 is 2.17 bits per heavy atom. The second-order valence-electron chi connectivity index (χ2n) is 6.64. The van der Waals surface area contributed by atoms with Crippen molar-refractivity contribution in [3.63, 3.8) is 0 Å². The summed E-state index contributed by atoms with van der Waals surface area (Å²) >= 11 is 0. The predicted molar refractivity (Wildman–Crippen MR) is 114 cm³/mol. The van der Waals surface area contributed by atoms with Crippen molar-refractivity contribution in [3.8, 4) is 5.75 Å². The second-order valence-corrected chi connectivity index (χ2v) is 8.20. The van der Waals surface area contributed by atoms with Crippen LogP contribution in [0.25, 0.3) is 0 Å². The van der Waals surface area contributed by atoms with E-state index in [0.717, 1.165) is 18.4 Å². The van der Waals surface area contributed by atoms with Gasteiger partial charge in [-0.3, -0.25) is 0 Å². The molecule has 2 N–H and O–H groups in total. The van der Waals surface area contributed by atoms with Crippen molar-refractivity contribution in [2.75, 3.05) is 13.2 Å². The number of carbonyl (C=O) groups is 1. The van der Waals surface area contributed by atoms with Crippen LogP contribution in [0.4, 0.5) is 0 Å². The minimum Gasteiger partial charge on any atom is -0.490 e. The number of hydrogen-bond acceptors (Lipinski definition) is 5. The molecule has 0 amide bonds. The van der Waals surface area contributed by atoms with Gasteiger partial charge >= 0.3 is 5.97 Å². The van der Waals surface area contributed by atoms with Crippen LogP contribution in [0.2, 0.25) is 0 Å². The van der Waals surface area contributed by atoms with Crippen molar-refractivity contribution < 1.29 is 22.7 Å². The first-order valence-electron chi connectivity index (χ1n) is 9.48. The molecule has 0 bridgehead atoms. The lowest BCUT2D eigenvalue weighted by Gasteiger charge is -2.11. The average Bonchev–Trinajstić information content (AvgIpc) is 2.76. The van der Waals surface area contributed by atoms with E-state index >= 15 is 0 Å². The number of benzene rings is 3. The van der Waals surface area contributed by atoms with E-state index in [1.54, 1.807) is 6.07 Å². The zero-order valence-electron chi connectivity index (χ0n) is 16.4. The molecule has 0 fully saturated rings. The standard InChI is InChI=1S/C23H23NO5S/c24-30(26,27)21-14-12-20(13-15-21)28-16-17-29-23(25)22-9-5-4-8-19(22)11-10-18-6-2-1-3-7-18/h1-9,12-15H,10-11,16-17H2,(H2,24,26,27). The van der Waals surface area contributed by atoms with Gasteiger partial charge in [0.15, 0.2) is 0 Å². The number of carbonyl (C=O) groups excluding carboxylic acids is 1. The molecule has 0 saturated heterocycles. The van der Waals surface area contributed by atoms with Crippen LogP contribution in [-0.2, 0) is 27.6 Å². The molecule has 0 spiro atoms. The third kappa shape index (κ3) is 6.17. The Balaban J connectivity index is 1.50. The number of nitrogens with two attached hydrogens (primary N) is 1. The number of hydrogen-bond donors (Lipinski definition) is 1. The summed E-state index contributed by atoms with van der Waals surface area (Å²) in [5.41, 5.74) is 2.69. The van der Waals surface area contributed by atoms with Crippen molar-refractivity contribution in [3.05, 3.63) is 95.6 Å². The molecule has 6 nitrogen and oxygen atoms in total. The molecule has 3 aromatic carbocycles. The third-order valence-electron chi connectivity index (χ3n) is 4.50. The molecule has 0 aliphatic heterocycles. The predicted octanol–water partition coefficient (Wildman–Crippen LogP) is 3.36. The zero-order chi connectivity index (χ0) is 21.4. The Hall–Kier alpha value is -3.16. The van der Waals surface area contributed by atoms with E-state index in [-0.39, 0.29) is 18.1 Å². The van der Waals surface area contributed by atoms with E-state index in [2.05, 4.69) is 12.1 Å². The first-order valence-corrected chi connectivity index (χ1v) is 11.0. The van der Waals surface area contributed by atoms with Crippen LogP contribution < -0.4 is 9.88 Å². The maximum Gasteiger partial charge on any atom is 0.338 e. The van der Waals surface area contributed by atoms with Crippen molar-refractivity contribution in [2.24, 2.45) is 5.14 Å². The molecule has 0 aromatic heterocycles. The third-order valence-corrected chi connectivity index (χ3v) is 5.43. The molecule has 0 unspecified atom stereocenters. The molecule has 0 radical (unpaired) electrons. The van der Waals surface area contributed by atoms with Crippen LogP contribution in [0, 0.1) is 0 Å². The van der Waals surface area contributed by atoms with Crippen molar-refractivity contribution >= 4 is 16.0 Å². The van der Waals surface area contributed by atoms with Crippen LogP contribution >= 0.6 is 0 Å². The second kappa shape index (κ2) is 10.0. The SMILES string of the molecule is NS(=O)(=O)c1ccc(OCCOC(=O)c2ccccc2CCc2ccccc2)cc1. The summed E-state index contributed by atoms with van der Waals surface area (Å²) in [5, 5.41) is 5.06. The number of rotatable bonds is 9. The largest absolute Gasteiger partial charge is 0.490 e. The molecule has 3 rings (SSSR count). The van der Waals surface area contributed by atoms with Gasteiger partial charge in [-0.25, -0.2) is 18.4 Å². The Bertz CT molecular complexity index is 1080. The Morgan fingerprint density at radius 2 is 1.47 bits per heavy atom. The van der Waals surface area contributed by atoms with E-state index in [1.165, 1.54) is 29.8 Å². The molecule has 0 saturated carbocycles. The highest BCUT2D eigenvalue weighted by Crippen LogP contribution is 2.16. The van der Waals surface area contributed by atoms with Gasteiger partial charge < -0.3 is 9.47 Å². The number of sulfonamides is 1. The molecule has 156 valence electrons. The molecule has 0 aliphatic rings. The molecular formula is C23H23NO5S. The van der Waals surface area contributed by atoms with Crippen LogP contribution in [0.15, 0.2) is 83.8 Å². The quantitative estimate of drug-likeness (QED) is 0.419. The number of ether oxygens (including phenoxy) is 2. The topological polar surface area (TPSA) is 95.7 Å². The Morgan fingerprint density at radius 1 is 0.800 bits per heavy atom. The highest BCUT2D eigenvalue weighted by atomic mass is 32.2. The lowest BCUT2D eigenvalue weighted by atomic mass is 10.00. The molecule has 0 heterocycles. The molecule has 3 aromatic rings. The zero-order valence-corrected chi connectivity index (χ0v) is 17.2. The number of esters is 1. The van der Waals surface area contributed by atoms with E-state index in [0.29, 0.717) is 11.3 Å². The van der Waals surface area contributed by atoms with Crippen LogP contribution in [0.5, 0.6) is 5.75 Å². The summed E-state index contributed by atoms with van der Waals surface area (Å²) in [5.74, 6) is 0.0635. The molecule has 0 aliphatic carbocycles. The molecular weight excluding hydrogens is 402 g/mol. The van der Waals surface area contributed by atoms with Gasteiger partial charge in [0.05, 0.1) is 10.5 Å². The van der Waals surface area contributed by atoms with E-state index in [9.17, 15) is 13.2 Å². The van der Waals surface area contributed by atoms with Gasteiger partial charge in [0, 0.05) is 0 Å². The lowest BCUT2D eigenvalue weighted by Crippen LogP contribution is -2.14. The minimum absolute atomic E-state index is 0.00777. The Labute approximate surface area is 176 Å². The maximum atomic E-state index is 12.5. The summed E-state index contributed by atoms with van der Waals surface area (Å²) in [7, 11) is -3.74. The number of primary sulfonamides is 1. The lowest BCUT2D eigenvalue weighted by molar-refractivity contribution is 0.0449. The van der Waals surface area contributed by atoms with Crippen LogP contribution in [0.3, 0.4) is 0 Å². The average molecular weight is 426 g/mol. The summed E-state index contributed by atoms with van der Waals surface area (Å²) < 4.78 is 33.3. The highest BCUT2D eigenvalue weighted by molar-refractivity contribution is 7.89. The fourth-order valence-electron chi connectivity index (χ4n) is 2.96. The summed E-state index contributed by atoms with van der Waals surface area (Å²) in [6, 6.07) is 23.2. The normalized spacial score (nSPS) is 11.1. The monoisotopic (exact) mass is 425 g/mol. The molecule has 0 atom stereocenters. The minimum atomic E-state index is -3.74. The van der Waals surface area contributed by atoms with Crippen LogP contribution in [0.1, 0.15) is 21.5 Å². The van der Waals surface area contributed by atoms with Crippen molar-refractivity contribution in [1.82, 2.24) is 0 Å². The summed E-state index contributed by atoms with van der Waals surface area (Å²) in [6.07, 6.45) is 1.57. The van der Waals surface area contributed by atoms with Gasteiger partial charge in [0.2, 0.25) is 10.0 Å². The van der Waals surface area contributed by atoms with E-state index < -0.39 is 16.0 Å². The van der Waals surface area contributed by atoms with E-state index in [4.69, 9.17) is 14.6 Å². The van der Waals surface area contributed by atoms with Gasteiger partial charge in [0.25, 0.3) is 0 Å². The Kier molecular flexibility index (Phi) is 7.21. The summed E-state index contributed by atoms with van der Waals surface area (Å²) in [4.78, 5) is 12.5. The maximum absolute atomic E-state index is 12.5. The van der Waals surface area contributed by atoms with Gasteiger partial charge in [-0.2, -0.15) is 0 Å². The first kappa shape index (κ1) is 21.5. The highest BCUT2D eigenvalue weighted by Gasteiger charge is 2.12. The fraction of sp³-hybridized carbons (Fsp3) is 0.174. The van der Waals surface area contributed by atoms with Crippen molar-refractivity contribution in [2.45, 2.75) is 17.7 Å². The smallest absolute Gasteiger partial charge is 0.338 e. The van der Waals surface area contributed by atoms with Gasteiger partial charge in [0.1, 0.15) is 19.0 Å². The van der Waals surface area contributed by atoms with Crippen LogP contribution in [-0.4, -0.2) is 27.6 Å². The van der Waals surface area contributed by atoms with Gasteiger partial charge in [-0.1, -0.05) is 48.5 Å². The van der Waals surface area contributed by atoms with Gasteiger partial charge in [-0.15, -0.1) is 0 Å².